The zero-order valence-electron chi connectivity index (χ0n) is 17.9. The monoisotopic (exact) mass is 493 g/mol. The molecule has 3 atom stereocenters. The zero-order chi connectivity index (χ0) is 20.7. The van der Waals surface area contributed by atoms with E-state index >= 15 is 0 Å². The molecule has 30 heavy (non-hydrogen) atoms. The number of fused-ring (bicyclic) bond motifs is 3. The highest BCUT2D eigenvalue weighted by atomic mass is 79.9. The van der Waals surface area contributed by atoms with Crippen LogP contribution in [0.1, 0.15) is 40.3 Å². The zero-order valence-corrected chi connectivity index (χ0v) is 20.3. The molecule has 2 aliphatic rings. The van der Waals surface area contributed by atoms with Crippen LogP contribution in [-0.4, -0.2) is 31.5 Å². The van der Waals surface area contributed by atoms with Crippen LogP contribution >= 0.6 is 28.3 Å². The van der Waals surface area contributed by atoms with E-state index in [2.05, 4.69) is 46.8 Å². The largest absolute Gasteiger partial charge is 0.489 e. The van der Waals surface area contributed by atoms with E-state index in [0.29, 0.717) is 6.61 Å². The maximum absolute atomic E-state index is 12.6. The molecule has 4 nitrogen and oxygen atoms in total. The molecule has 2 aromatic rings. The lowest BCUT2D eigenvalue weighted by Crippen LogP contribution is -2.31. The van der Waals surface area contributed by atoms with E-state index in [1.807, 2.05) is 32.3 Å². The van der Waals surface area contributed by atoms with Gasteiger partial charge < -0.3 is 14.4 Å². The highest BCUT2D eigenvalue weighted by Crippen LogP contribution is 2.50. The molecule has 4 rings (SSSR count). The van der Waals surface area contributed by atoms with Crippen molar-refractivity contribution in [2.45, 2.75) is 39.4 Å². The molecule has 1 saturated heterocycles. The fourth-order valence-corrected chi connectivity index (χ4v) is 5.23. The molecule has 1 heterocycles. The molecule has 0 amide bonds. The Morgan fingerprint density at radius 1 is 1.23 bits per heavy atom. The van der Waals surface area contributed by atoms with Gasteiger partial charge in [-0.3, -0.25) is 4.79 Å². The average Bonchev–Trinajstić information content (AvgIpc) is 2.99. The molecule has 0 radical (unpaired) electrons. The summed E-state index contributed by atoms with van der Waals surface area (Å²) in [7, 11) is 4.03. The van der Waals surface area contributed by atoms with Gasteiger partial charge in [0, 0.05) is 28.1 Å². The summed E-state index contributed by atoms with van der Waals surface area (Å²) < 4.78 is 13.2. The maximum Gasteiger partial charge on any atom is 0.311 e. The first-order valence-corrected chi connectivity index (χ1v) is 11.0. The number of esters is 1. The van der Waals surface area contributed by atoms with Gasteiger partial charge in [-0.05, 0) is 69.6 Å². The van der Waals surface area contributed by atoms with Crippen LogP contribution in [0.5, 0.6) is 5.75 Å². The van der Waals surface area contributed by atoms with Gasteiger partial charge in [-0.25, -0.2) is 0 Å². The first-order chi connectivity index (χ1) is 13.9. The Labute approximate surface area is 193 Å². The van der Waals surface area contributed by atoms with Crippen LogP contribution < -0.4 is 4.74 Å². The van der Waals surface area contributed by atoms with Gasteiger partial charge in [-0.15, -0.1) is 12.4 Å². The van der Waals surface area contributed by atoms with Crippen LogP contribution in [0.25, 0.3) is 0 Å². The predicted molar refractivity (Wildman–Crippen MR) is 124 cm³/mol. The second kappa shape index (κ2) is 9.29. The van der Waals surface area contributed by atoms with Crippen LogP contribution in [0, 0.1) is 25.7 Å². The molecule has 0 N–H and O–H groups in total. The lowest BCUT2D eigenvalue weighted by atomic mass is 9.74. The standard InChI is InChI=1S/C24H28BrNO3.ClH/c1-14-11-21(28-13-16-7-5-6-8-20(16)25)15(2)22-17(14)9-10-18-19(12-26(3)4)24(27)29-23(18)22;/h5-8,11,18-19,23H,9-10,12-13H2,1-4H3;1H/t18-,19-,23+;/m0./s1. The summed E-state index contributed by atoms with van der Waals surface area (Å²) in [4.78, 5) is 14.7. The first kappa shape index (κ1) is 23.1. The van der Waals surface area contributed by atoms with Crippen molar-refractivity contribution in [3.63, 3.8) is 0 Å². The van der Waals surface area contributed by atoms with E-state index in [1.54, 1.807) is 0 Å². The molecule has 0 bridgehead atoms. The summed E-state index contributed by atoms with van der Waals surface area (Å²) in [5.41, 5.74) is 5.94. The molecule has 0 spiro atoms. The van der Waals surface area contributed by atoms with Gasteiger partial charge in [0.25, 0.3) is 0 Å². The number of carbonyl (C=O) groups is 1. The van der Waals surface area contributed by atoms with E-state index in [-0.39, 0.29) is 36.3 Å². The highest BCUT2D eigenvalue weighted by molar-refractivity contribution is 9.10. The van der Waals surface area contributed by atoms with Gasteiger partial charge >= 0.3 is 5.97 Å². The van der Waals surface area contributed by atoms with Crippen molar-refractivity contribution < 1.29 is 14.3 Å². The molecule has 1 fully saturated rings. The average molecular weight is 495 g/mol. The molecule has 0 aromatic heterocycles. The molecule has 6 heteroatoms. The number of hydrogen-bond acceptors (Lipinski definition) is 4. The summed E-state index contributed by atoms with van der Waals surface area (Å²) in [6.07, 6.45) is 1.84. The van der Waals surface area contributed by atoms with Crippen molar-refractivity contribution in [1.29, 1.82) is 0 Å². The molecule has 1 aliphatic carbocycles. The smallest absolute Gasteiger partial charge is 0.311 e. The van der Waals surface area contributed by atoms with Crippen molar-refractivity contribution in [2.75, 3.05) is 20.6 Å². The molecular formula is C24H29BrClNO3. The van der Waals surface area contributed by atoms with Crippen molar-refractivity contribution in [1.82, 2.24) is 4.90 Å². The fourth-order valence-electron chi connectivity index (χ4n) is 4.83. The third-order valence-electron chi connectivity index (χ3n) is 6.29. The number of aryl methyl sites for hydroxylation is 1. The number of halogens is 2. The number of rotatable bonds is 5. The second-order valence-corrected chi connectivity index (χ2v) is 9.37. The van der Waals surface area contributed by atoms with Crippen LogP contribution in [0.4, 0.5) is 0 Å². The Morgan fingerprint density at radius 2 is 1.97 bits per heavy atom. The minimum Gasteiger partial charge on any atom is -0.489 e. The highest BCUT2D eigenvalue weighted by Gasteiger charge is 2.48. The van der Waals surface area contributed by atoms with Gasteiger partial charge in [0.05, 0.1) is 5.92 Å². The van der Waals surface area contributed by atoms with Crippen molar-refractivity contribution in [2.24, 2.45) is 11.8 Å². The van der Waals surface area contributed by atoms with Crippen LogP contribution in [0.3, 0.4) is 0 Å². The van der Waals surface area contributed by atoms with Gasteiger partial charge in [-0.1, -0.05) is 34.1 Å². The molecular weight excluding hydrogens is 466 g/mol. The summed E-state index contributed by atoms with van der Waals surface area (Å²) in [6, 6.07) is 10.2. The van der Waals surface area contributed by atoms with Gasteiger partial charge in [0.15, 0.2) is 0 Å². The van der Waals surface area contributed by atoms with Crippen molar-refractivity contribution in [3.8, 4) is 5.75 Å². The molecule has 1 aliphatic heterocycles. The van der Waals surface area contributed by atoms with Gasteiger partial charge in [-0.2, -0.15) is 0 Å². The molecule has 0 unspecified atom stereocenters. The summed E-state index contributed by atoms with van der Waals surface area (Å²) >= 11 is 3.59. The van der Waals surface area contributed by atoms with E-state index in [4.69, 9.17) is 9.47 Å². The third-order valence-corrected chi connectivity index (χ3v) is 7.06. The second-order valence-electron chi connectivity index (χ2n) is 8.52. The normalized spacial score (nSPS) is 22.2. The Hall–Kier alpha value is -1.56. The topological polar surface area (TPSA) is 38.8 Å². The fraction of sp³-hybridized carbons (Fsp3) is 0.458. The quantitative estimate of drug-likeness (QED) is 0.521. The predicted octanol–water partition coefficient (Wildman–Crippen LogP) is 5.40. The number of nitrogens with zero attached hydrogens (tertiary/aromatic N) is 1. The minimum absolute atomic E-state index is 0. The minimum atomic E-state index is -0.151. The Balaban J connectivity index is 0.00000256. The third kappa shape index (κ3) is 4.25. The number of ether oxygens (including phenoxy) is 2. The van der Waals surface area contributed by atoms with Crippen LogP contribution in [0.15, 0.2) is 34.8 Å². The van der Waals surface area contributed by atoms with E-state index in [0.717, 1.165) is 40.7 Å². The first-order valence-electron chi connectivity index (χ1n) is 10.2. The van der Waals surface area contributed by atoms with Crippen LogP contribution in [0.2, 0.25) is 0 Å². The number of carbonyl (C=O) groups excluding carboxylic acids is 1. The molecule has 0 saturated carbocycles. The van der Waals surface area contributed by atoms with Gasteiger partial charge in [0.1, 0.15) is 18.5 Å². The summed E-state index contributed by atoms with van der Waals surface area (Å²) in [5.74, 6) is 1.02. The summed E-state index contributed by atoms with van der Waals surface area (Å²) in [6.45, 7) is 5.48. The summed E-state index contributed by atoms with van der Waals surface area (Å²) in [5, 5.41) is 0. The number of benzene rings is 2. The Morgan fingerprint density at radius 3 is 2.67 bits per heavy atom. The van der Waals surface area contributed by atoms with Crippen molar-refractivity contribution in [3.05, 3.63) is 62.6 Å². The van der Waals surface area contributed by atoms with Gasteiger partial charge in [0.2, 0.25) is 0 Å². The van der Waals surface area contributed by atoms with E-state index in [1.165, 1.54) is 16.7 Å². The Kier molecular flexibility index (Phi) is 7.16. The molecule has 162 valence electrons. The van der Waals surface area contributed by atoms with Crippen molar-refractivity contribution >= 4 is 34.3 Å². The van der Waals surface area contributed by atoms with E-state index in [9.17, 15) is 4.79 Å². The van der Waals surface area contributed by atoms with E-state index < -0.39 is 0 Å². The lowest BCUT2D eigenvalue weighted by Gasteiger charge is -2.32. The lowest BCUT2D eigenvalue weighted by molar-refractivity contribution is -0.144. The molecule has 2 aromatic carbocycles. The SMILES string of the molecule is Cc1cc(OCc2ccccc2Br)c(C)c2c1CC[C@H]1[C@H](CN(C)C)C(=O)O[C@@H]21.Cl. The van der Waals surface area contributed by atoms with Crippen LogP contribution in [-0.2, 0) is 22.6 Å². The maximum atomic E-state index is 12.6. The number of hydrogen-bond donors (Lipinski definition) is 0. The Bertz CT molecular complexity index is 946.